The first-order valence-corrected chi connectivity index (χ1v) is 6.42. The third-order valence-corrected chi connectivity index (χ3v) is 3.55. The SMILES string of the molecule is COCC1CN(CC2CCNCC2)CCO1. The predicted molar refractivity (Wildman–Crippen MR) is 63.6 cm³/mol. The molecule has 2 heterocycles. The van der Waals surface area contributed by atoms with Gasteiger partial charge >= 0.3 is 0 Å². The first-order chi connectivity index (χ1) is 7.88. The van der Waals surface area contributed by atoms with E-state index in [-0.39, 0.29) is 6.10 Å². The molecule has 0 aromatic heterocycles. The van der Waals surface area contributed by atoms with Gasteiger partial charge in [-0.1, -0.05) is 0 Å². The van der Waals surface area contributed by atoms with Crippen LogP contribution in [-0.4, -0.2) is 64.1 Å². The van der Waals surface area contributed by atoms with Gasteiger partial charge in [-0.05, 0) is 31.8 Å². The maximum Gasteiger partial charge on any atom is 0.0935 e. The fourth-order valence-electron chi connectivity index (χ4n) is 2.66. The fourth-order valence-corrected chi connectivity index (χ4v) is 2.66. The van der Waals surface area contributed by atoms with E-state index in [4.69, 9.17) is 9.47 Å². The molecule has 1 atom stereocenters. The van der Waals surface area contributed by atoms with Crippen LogP contribution in [0.4, 0.5) is 0 Å². The molecule has 4 nitrogen and oxygen atoms in total. The Morgan fingerprint density at radius 3 is 2.94 bits per heavy atom. The van der Waals surface area contributed by atoms with Crippen LogP contribution in [0.3, 0.4) is 0 Å². The van der Waals surface area contributed by atoms with Crippen LogP contribution in [0.2, 0.25) is 0 Å². The largest absolute Gasteiger partial charge is 0.382 e. The van der Waals surface area contributed by atoms with Gasteiger partial charge in [-0.2, -0.15) is 0 Å². The van der Waals surface area contributed by atoms with Gasteiger partial charge in [0, 0.05) is 26.7 Å². The van der Waals surface area contributed by atoms with E-state index in [1.54, 1.807) is 7.11 Å². The molecule has 2 aliphatic rings. The zero-order valence-electron chi connectivity index (χ0n) is 10.3. The number of nitrogens with one attached hydrogen (secondary N) is 1. The average molecular weight is 228 g/mol. The first-order valence-electron chi connectivity index (χ1n) is 6.42. The van der Waals surface area contributed by atoms with Gasteiger partial charge in [-0.25, -0.2) is 0 Å². The minimum absolute atomic E-state index is 0.278. The van der Waals surface area contributed by atoms with E-state index in [0.29, 0.717) is 0 Å². The second-order valence-electron chi connectivity index (χ2n) is 4.90. The lowest BCUT2D eigenvalue weighted by Crippen LogP contribution is -2.47. The minimum atomic E-state index is 0.278. The predicted octanol–water partition coefficient (Wildman–Crippen LogP) is 0.333. The van der Waals surface area contributed by atoms with Crippen LogP contribution in [0, 0.1) is 5.92 Å². The number of rotatable bonds is 4. The van der Waals surface area contributed by atoms with Crippen LogP contribution in [0.25, 0.3) is 0 Å². The highest BCUT2D eigenvalue weighted by atomic mass is 16.5. The maximum atomic E-state index is 5.66. The molecule has 0 bridgehead atoms. The summed E-state index contributed by atoms with van der Waals surface area (Å²) in [5.74, 6) is 0.877. The number of methoxy groups -OCH3 is 1. The Hall–Kier alpha value is -0.160. The van der Waals surface area contributed by atoms with Crippen molar-refractivity contribution in [3.05, 3.63) is 0 Å². The highest BCUT2D eigenvalue weighted by Gasteiger charge is 2.23. The van der Waals surface area contributed by atoms with Crippen LogP contribution in [-0.2, 0) is 9.47 Å². The van der Waals surface area contributed by atoms with Gasteiger partial charge in [-0.15, -0.1) is 0 Å². The Bertz CT molecular complexity index is 193. The molecule has 2 saturated heterocycles. The zero-order chi connectivity index (χ0) is 11.2. The molecule has 1 N–H and O–H groups in total. The van der Waals surface area contributed by atoms with E-state index >= 15 is 0 Å². The summed E-state index contributed by atoms with van der Waals surface area (Å²) in [6.07, 6.45) is 2.93. The van der Waals surface area contributed by atoms with Crippen molar-refractivity contribution in [3.63, 3.8) is 0 Å². The molecule has 0 aromatic rings. The summed E-state index contributed by atoms with van der Waals surface area (Å²) in [5.41, 5.74) is 0. The lowest BCUT2D eigenvalue weighted by Gasteiger charge is -2.35. The summed E-state index contributed by atoms with van der Waals surface area (Å²) in [5, 5.41) is 3.42. The number of hydrogen-bond acceptors (Lipinski definition) is 4. The summed E-state index contributed by atoms with van der Waals surface area (Å²) in [7, 11) is 1.75. The van der Waals surface area contributed by atoms with E-state index in [9.17, 15) is 0 Å². The molecule has 0 spiro atoms. The maximum absolute atomic E-state index is 5.66. The van der Waals surface area contributed by atoms with Crippen LogP contribution in [0.5, 0.6) is 0 Å². The van der Waals surface area contributed by atoms with E-state index in [0.717, 1.165) is 32.2 Å². The molecule has 0 aromatic carbocycles. The molecule has 4 heteroatoms. The van der Waals surface area contributed by atoms with Crippen LogP contribution < -0.4 is 5.32 Å². The molecule has 0 saturated carbocycles. The monoisotopic (exact) mass is 228 g/mol. The molecule has 2 rings (SSSR count). The molecule has 0 radical (unpaired) electrons. The molecular weight excluding hydrogens is 204 g/mol. The van der Waals surface area contributed by atoms with Crippen molar-refractivity contribution in [2.45, 2.75) is 18.9 Å². The number of ether oxygens (including phenoxy) is 2. The standard InChI is InChI=1S/C12H24N2O2/c1-15-10-12-9-14(6-7-16-12)8-11-2-4-13-5-3-11/h11-13H,2-10H2,1H3. The van der Waals surface area contributed by atoms with Crippen molar-refractivity contribution in [1.29, 1.82) is 0 Å². The van der Waals surface area contributed by atoms with Crippen molar-refractivity contribution >= 4 is 0 Å². The van der Waals surface area contributed by atoms with Crippen LogP contribution in [0.15, 0.2) is 0 Å². The second kappa shape index (κ2) is 6.55. The van der Waals surface area contributed by atoms with Gasteiger partial charge in [0.1, 0.15) is 0 Å². The first kappa shape index (κ1) is 12.3. The minimum Gasteiger partial charge on any atom is -0.382 e. The number of hydrogen-bond donors (Lipinski definition) is 1. The Labute approximate surface area is 98.3 Å². The van der Waals surface area contributed by atoms with Crippen molar-refractivity contribution < 1.29 is 9.47 Å². The Balaban J connectivity index is 1.71. The number of morpholine rings is 1. The summed E-state index contributed by atoms with van der Waals surface area (Å²) in [6, 6.07) is 0. The summed E-state index contributed by atoms with van der Waals surface area (Å²) >= 11 is 0. The quantitative estimate of drug-likeness (QED) is 0.752. The molecule has 2 aliphatic heterocycles. The molecule has 16 heavy (non-hydrogen) atoms. The average Bonchev–Trinajstić information content (AvgIpc) is 2.31. The summed E-state index contributed by atoms with van der Waals surface area (Å²) in [4.78, 5) is 2.54. The van der Waals surface area contributed by atoms with Crippen molar-refractivity contribution in [1.82, 2.24) is 10.2 Å². The lowest BCUT2D eigenvalue weighted by molar-refractivity contribution is -0.0647. The topological polar surface area (TPSA) is 33.7 Å². The zero-order valence-corrected chi connectivity index (χ0v) is 10.3. The van der Waals surface area contributed by atoms with E-state index in [1.165, 1.54) is 32.5 Å². The van der Waals surface area contributed by atoms with Gasteiger partial charge in [0.15, 0.2) is 0 Å². The van der Waals surface area contributed by atoms with Crippen molar-refractivity contribution in [2.24, 2.45) is 5.92 Å². The van der Waals surface area contributed by atoms with Gasteiger partial charge in [0.2, 0.25) is 0 Å². The molecule has 2 fully saturated rings. The fraction of sp³-hybridized carbons (Fsp3) is 1.00. The van der Waals surface area contributed by atoms with Gasteiger partial charge in [0.05, 0.1) is 19.3 Å². The van der Waals surface area contributed by atoms with E-state index in [2.05, 4.69) is 10.2 Å². The Morgan fingerprint density at radius 1 is 1.38 bits per heavy atom. The van der Waals surface area contributed by atoms with E-state index < -0.39 is 0 Å². The number of piperidine rings is 1. The number of nitrogens with zero attached hydrogens (tertiary/aromatic N) is 1. The van der Waals surface area contributed by atoms with Crippen LogP contribution >= 0.6 is 0 Å². The summed E-state index contributed by atoms with van der Waals surface area (Å²) in [6.45, 7) is 7.34. The van der Waals surface area contributed by atoms with Gasteiger partial charge in [0.25, 0.3) is 0 Å². The Morgan fingerprint density at radius 2 is 2.19 bits per heavy atom. The highest BCUT2D eigenvalue weighted by molar-refractivity contribution is 4.76. The highest BCUT2D eigenvalue weighted by Crippen LogP contribution is 2.15. The third kappa shape index (κ3) is 3.70. The lowest BCUT2D eigenvalue weighted by atomic mass is 9.97. The molecule has 0 amide bonds. The molecule has 1 unspecified atom stereocenters. The van der Waals surface area contributed by atoms with E-state index in [1.807, 2.05) is 0 Å². The van der Waals surface area contributed by atoms with Crippen molar-refractivity contribution in [2.75, 3.05) is 53.0 Å². The normalized spacial score (nSPS) is 29.4. The van der Waals surface area contributed by atoms with Gasteiger partial charge < -0.3 is 14.8 Å². The third-order valence-electron chi connectivity index (χ3n) is 3.55. The van der Waals surface area contributed by atoms with Gasteiger partial charge in [-0.3, -0.25) is 4.90 Å². The summed E-state index contributed by atoms with van der Waals surface area (Å²) < 4.78 is 10.8. The smallest absolute Gasteiger partial charge is 0.0935 e. The molecule has 0 aliphatic carbocycles. The molecule has 94 valence electrons. The molecular formula is C12H24N2O2. The van der Waals surface area contributed by atoms with Crippen LogP contribution in [0.1, 0.15) is 12.8 Å². The van der Waals surface area contributed by atoms with Crippen molar-refractivity contribution in [3.8, 4) is 0 Å². The Kier molecular flexibility index (Phi) is 5.03. The second-order valence-corrected chi connectivity index (χ2v) is 4.90.